The summed E-state index contributed by atoms with van der Waals surface area (Å²) in [4.78, 5) is 18.4. The normalized spacial score (nSPS) is 12.1. The number of rotatable bonds is 8. The van der Waals surface area contributed by atoms with Crippen LogP contribution in [0.15, 0.2) is 71.8 Å². The molecule has 1 unspecified atom stereocenters. The SMILES string of the molecule is CCCc1cn(-c2c(C)cccc2CC)c(=O)n1C(C)c1ccc(-c2ncccc2-c2nnn[nH]2)cc1. The summed E-state index contributed by atoms with van der Waals surface area (Å²) >= 11 is 0. The number of nitrogens with one attached hydrogen (secondary N) is 1. The number of nitrogens with zero attached hydrogens (tertiary/aromatic N) is 6. The lowest BCUT2D eigenvalue weighted by Crippen LogP contribution is -2.28. The number of imidazole rings is 1. The van der Waals surface area contributed by atoms with Crippen LogP contribution in [0.3, 0.4) is 0 Å². The molecule has 0 fully saturated rings. The summed E-state index contributed by atoms with van der Waals surface area (Å²) in [5, 5.41) is 14.2. The van der Waals surface area contributed by atoms with Crippen molar-refractivity contribution in [1.29, 1.82) is 0 Å². The lowest BCUT2D eigenvalue weighted by molar-refractivity contribution is 0.579. The fraction of sp³-hybridized carbons (Fsp3) is 0.276. The zero-order chi connectivity index (χ0) is 25.9. The van der Waals surface area contributed by atoms with E-state index in [1.54, 1.807) is 6.20 Å². The Morgan fingerprint density at radius 3 is 2.54 bits per heavy atom. The fourth-order valence-corrected chi connectivity index (χ4v) is 5.04. The van der Waals surface area contributed by atoms with Gasteiger partial charge in [0.2, 0.25) is 0 Å². The molecule has 1 N–H and O–H groups in total. The number of aromatic amines is 1. The highest BCUT2D eigenvalue weighted by atomic mass is 16.1. The van der Waals surface area contributed by atoms with Gasteiger partial charge in [-0.2, -0.15) is 0 Å². The van der Waals surface area contributed by atoms with Gasteiger partial charge in [-0.15, -0.1) is 5.10 Å². The number of H-pyrrole nitrogens is 1. The van der Waals surface area contributed by atoms with Crippen molar-refractivity contribution in [2.75, 3.05) is 0 Å². The summed E-state index contributed by atoms with van der Waals surface area (Å²) in [6.07, 6.45) is 6.45. The predicted molar refractivity (Wildman–Crippen MR) is 145 cm³/mol. The van der Waals surface area contributed by atoms with Crippen LogP contribution in [0.5, 0.6) is 0 Å². The molecule has 2 aromatic carbocycles. The Labute approximate surface area is 216 Å². The maximum atomic E-state index is 13.9. The van der Waals surface area contributed by atoms with Crippen LogP contribution in [0.4, 0.5) is 0 Å². The smallest absolute Gasteiger partial charge is 0.289 e. The third kappa shape index (κ3) is 4.50. The Morgan fingerprint density at radius 1 is 1.03 bits per heavy atom. The summed E-state index contributed by atoms with van der Waals surface area (Å²) in [5.74, 6) is 0.570. The van der Waals surface area contributed by atoms with E-state index in [1.165, 1.54) is 5.56 Å². The van der Waals surface area contributed by atoms with Crippen molar-refractivity contribution in [3.63, 3.8) is 0 Å². The monoisotopic (exact) mass is 493 g/mol. The first-order valence-corrected chi connectivity index (χ1v) is 12.7. The molecule has 3 heterocycles. The third-order valence-electron chi connectivity index (χ3n) is 6.91. The lowest BCUT2D eigenvalue weighted by Gasteiger charge is -2.17. The van der Waals surface area contributed by atoms with Crippen molar-refractivity contribution >= 4 is 0 Å². The summed E-state index contributed by atoms with van der Waals surface area (Å²) in [6.45, 7) is 8.43. The number of hydrogen-bond acceptors (Lipinski definition) is 5. The number of pyridine rings is 1. The van der Waals surface area contributed by atoms with Gasteiger partial charge < -0.3 is 0 Å². The molecular formula is C29H31N7O. The van der Waals surface area contributed by atoms with Gasteiger partial charge in [-0.05, 0) is 65.9 Å². The van der Waals surface area contributed by atoms with E-state index in [1.807, 2.05) is 39.6 Å². The molecule has 0 spiro atoms. The summed E-state index contributed by atoms with van der Waals surface area (Å²) in [6, 6.07) is 18.1. The zero-order valence-electron chi connectivity index (χ0n) is 21.6. The van der Waals surface area contributed by atoms with Gasteiger partial charge >= 0.3 is 5.69 Å². The van der Waals surface area contributed by atoms with E-state index in [4.69, 9.17) is 0 Å². The van der Waals surface area contributed by atoms with Crippen LogP contribution in [0.25, 0.3) is 28.3 Å². The molecule has 5 rings (SSSR count). The van der Waals surface area contributed by atoms with E-state index < -0.39 is 0 Å². The van der Waals surface area contributed by atoms with E-state index in [0.717, 1.165) is 58.6 Å². The molecule has 1 atom stereocenters. The molecule has 0 aliphatic carbocycles. The Hall–Kier alpha value is -4.33. The van der Waals surface area contributed by atoms with E-state index in [-0.39, 0.29) is 11.7 Å². The topological polar surface area (TPSA) is 94.3 Å². The molecule has 8 nitrogen and oxygen atoms in total. The number of hydrogen-bond donors (Lipinski definition) is 1. The maximum Gasteiger partial charge on any atom is 0.333 e. The molecule has 0 amide bonds. The predicted octanol–water partition coefficient (Wildman–Crippen LogP) is 5.31. The van der Waals surface area contributed by atoms with Crippen molar-refractivity contribution in [3.8, 4) is 28.3 Å². The molecule has 0 saturated heterocycles. The van der Waals surface area contributed by atoms with Gasteiger partial charge in [-0.25, -0.2) is 9.89 Å². The molecule has 0 bridgehead atoms. The third-order valence-corrected chi connectivity index (χ3v) is 6.91. The average Bonchev–Trinajstić information content (AvgIpc) is 3.57. The van der Waals surface area contributed by atoms with Crippen LogP contribution < -0.4 is 5.69 Å². The van der Waals surface area contributed by atoms with Gasteiger partial charge in [0.05, 0.1) is 17.4 Å². The van der Waals surface area contributed by atoms with Crippen molar-refractivity contribution in [2.24, 2.45) is 0 Å². The largest absolute Gasteiger partial charge is 0.333 e. The number of aryl methyl sites for hydroxylation is 3. The molecule has 0 saturated carbocycles. The molecular weight excluding hydrogens is 462 g/mol. The minimum Gasteiger partial charge on any atom is -0.289 e. The number of benzene rings is 2. The van der Waals surface area contributed by atoms with Crippen molar-refractivity contribution in [2.45, 2.75) is 53.0 Å². The number of tetrazole rings is 1. The molecule has 5 aromatic rings. The van der Waals surface area contributed by atoms with E-state index >= 15 is 0 Å². The van der Waals surface area contributed by atoms with Crippen LogP contribution in [-0.2, 0) is 12.8 Å². The summed E-state index contributed by atoms with van der Waals surface area (Å²) < 4.78 is 3.78. The minimum atomic E-state index is -0.125. The van der Waals surface area contributed by atoms with E-state index in [0.29, 0.717) is 5.82 Å². The average molecular weight is 494 g/mol. The number of aromatic nitrogens is 7. The number of para-hydroxylation sites is 1. The quantitative estimate of drug-likeness (QED) is 0.316. The molecule has 188 valence electrons. The molecule has 37 heavy (non-hydrogen) atoms. The van der Waals surface area contributed by atoms with Gasteiger partial charge in [-0.1, -0.05) is 62.7 Å². The zero-order valence-corrected chi connectivity index (χ0v) is 21.6. The van der Waals surface area contributed by atoms with Gasteiger partial charge in [0.25, 0.3) is 0 Å². The highest BCUT2D eigenvalue weighted by molar-refractivity contribution is 5.77. The fourth-order valence-electron chi connectivity index (χ4n) is 5.04. The van der Waals surface area contributed by atoms with Gasteiger partial charge in [-0.3, -0.25) is 14.1 Å². The first-order chi connectivity index (χ1) is 18.0. The first kappa shape index (κ1) is 24.4. The van der Waals surface area contributed by atoms with E-state index in [2.05, 4.69) is 83.6 Å². The molecule has 0 radical (unpaired) electrons. The van der Waals surface area contributed by atoms with Gasteiger partial charge in [0.15, 0.2) is 5.82 Å². The standard InChI is InChI=1S/C29H31N7O/c1-5-9-24-18-35(27-19(3)10-7-11-21(27)6-2)29(37)36(24)20(4)22-13-15-23(16-14-22)26-25(12-8-17-30-26)28-31-33-34-32-28/h7-8,10-18,20H,5-6,9H2,1-4H3,(H,31,32,33,34). The highest BCUT2D eigenvalue weighted by Crippen LogP contribution is 2.29. The van der Waals surface area contributed by atoms with E-state index in [9.17, 15) is 4.79 Å². The summed E-state index contributed by atoms with van der Waals surface area (Å²) in [5.41, 5.74) is 7.94. The maximum absolute atomic E-state index is 13.9. The van der Waals surface area contributed by atoms with Crippen molar-refractivity contribution < 1.29 is 0 Å². The Morgan fingerprint density at radius 2 is 1.84 bits per heavy atom. The van der Waals surface area contributed by atoms with Gasteiger partial charge in [0, 0.05) is 29.2 Å². The Balaban J connectivity index is 1.54. The van der Waals surface area contributed by atoms with Crippen LogP contribution in [0.1, 0.15) is 55.6 Å². The molecule has 8 heteroatoms. The minimum absolute atomic E-state index is 0.00569. The van der Waals surface area contributed by atoms with Crippen LogP contribution >= 0.6 is 0 Å². The van der Waals surface area contributed by atoms with Gasteiger partial charge in [0.1, 0.15) is 0 Å². The van der Waals surface area contributed by atoms with Crippen LogP contribution in [0.2, 0.25) is 0 Å². The Bertz CT molecular complexity index is 1560. The lowest BCUT2D eigenvalue weighted by atomic mass is 10.0. The van der Waals surface area contributed by atoms with Crippen molar-refractivity contribution in [1.82, 2.24) is 34.7 Å². The van der Waals surface area contributed by atoms with Crippen molar-refractivity contribution in [3.05, 3.63) is 99.9 Å². The molecule has 0 aliphatic rings. The second-order valence-electron chi connectivity index (χ2n) is 9.28. The molecule has 0 aliphatic heterocycles. The summed E-state index contributed by atoms with van der Waals surface area (Å²) in [7, 11) is 0. The van der Waals surface area contributed by atoms with Crippen LogP contribution in [-0.4, -0.2) is 34.7 Å². The first-order valence-electron chi connectivity index (χ1n) is 12.7. The van der Waals surface area contributed by atoms with Crippen LogP contribution in [0, 0.1) is 6.92 Å². The second-order valence-corrected chi connectivity index (χ2v) is 9.28. The Kier molecular flexibility index (Phi) is 6.81. The highest BCUT2D eigenvalue weighted by Gasteiger charge is 2.21. The molecule has 3 aromatic heterocycles. The second kappa shape index (κ2) is 10.3.